The van der Waals surface area contributed by atoms with E-state index in [2.05, 4.69) is 27.5 Å². The van der Waals surface area contributed by atoms with E-state index < -0.39 is 0 Å². The summed E-state index contributed by atoms with van der Waals surface area (Å²) < 4.78 is 0.870. The van der Waals surface area contributed by atoms with Crippen molar-refractivity contribution in [3.8, 4) is 0 Å². The van der Waals surface area contributed by atoms with E-state index in [-0.39, 0.29) is 0 Å². The average Bonchev–Trinajstić information content (AvgIpc) is 2.62. The molecule has 52 valence electrons. The van der Waals surface area contributed by atoms with Crippen molar-refractivity contribution >= 4 is 22.6 Å². The van der Waals surface area contributed by atoms with E-state index in [1.54, 1.807) is 0 Å². The van der Waals surface area contributed by atoms with Gasteiger partial charge in [-0.3, -0.25) is 4.90 Å². The van der Waals surface area contributed by atoms with Crippen LogP contribution in [0.5, 0.6) is 0 Å². The molecule has 1 aliphatic carbocycles. The first kappa shape index (κ1) is 6.40. The summed E-state index contributed by atoms with van der Waals surface area (Å²) in [6, 6.07) is 0. The van der Waals surface area contributed by atoms with Gasteiger partial charge in [-0.2, -0.15) is 0 Å². The minimum atomic E-state index is 0.870. The van der Waals surface area contributed by atoms with Gasteiger partial charge < -0.3 is 0 Å². The third-order valence-electron chi connectivity index (χ3n) is 2.10. The van der Waals surface area contributed by atoms with Gasteiger partial charge in [-0.25, -0.2) is 0 Å². The lowest BCUT2D eigenvalue weighted by molar-refractivity contribution is 0.490. The fourth-order valence-corrected chi connectivity index (χ4v) is 2.39. The van der Waals surface area contributed by atoms with Crippen molar-refractivity contribution in [1.29, 1.82) is 0 Å². The molecule has 0 aromatic carbocycles. The van der Waals surface area contributed by atoms with Crippen molar-refractivity contribution in [3.63, 3.8) is 0 Å². The van der Waals surface area contributed by atoms with Crippen LogP contribution < -0.4 is 0 Å². The number of rotatable bonds is 3. The first-order chi connectivity index (χ1) is 4.36. The Kier molecular flexibility index (Phi) is 1.69. The van der Waals surface area contributed by atoms with Gasteiger partial charge in [0.2, 0.25) is 0 Å². The SMILES string of the molecule is IC(CC1CC1)N1CC1. The molecule has 1 saturated carbocycles. The fourth-order valence-electron chi connectivity index (χ4n) is 1.12. The molecule has 2 aliphatic rings. The lowest BCUT2D eigenvalue weighted by atomic mass is 10.3. The van der Waals surface area contributed by atoms with Gasteiger partial charge in [0.1, 0.15) is 0 Å². The zero-order chi connectivity index (χ0) is 6.27. The Morgan fingerprint density at radius 1 is 1.44 bits per heavy atom. The van der Waals surface area contributed by atoms with Crippen molar-refractivity contribution in [2.24, 2.45) is 5.92 Å². The van der Waals surface area contributed by atoms with E-state index in [1.165, 1.54) is 32.4 Å². The molecular formula is C7H12IN. The molecule has 2 fully saturated rings. The molecule has 0 aromatic heterocycles. The maximum absolute atomic E-state index is 2.58. The molecule has 0 aromatic rings. The molecule has 1 atom stereocenters. The van der Waals surface area contributed by atoms with Gasteiger partial charge >= 0.3 is 0 Å². The largest absolute Gasteiger partial charge is 0.289 e. The second-order valence-corrected chi connectivity index (χ2v) is 4.59. The van der Waals surface area contributed by atoms with Crippen molar-refractivity contribution in [2.75, 3.05) is 13.1 Å². The normalized spacial score (nSPS) is 30.3. The molecular weight excluding hydrogens is 225 g/mol. The quantitative estimate of drug-likeness (QED) is 0.313. The summed E-state index contributed by atoms with van der Waals surface area (Å²) in [6.07, 6.45) is 4.47. The summed E-state index contributed by atoms with van der Waals surface area (Å²) in [5.41, 5.74) is 0. The molecule has 0 bridgehead atoms. The van der Waals surface area contributed by atoms with Gasteiger partial charge in [-0.15, -0.1) is 0 Å². The van der Waals surface area contributed by atoms with Gasteiger partial charge in [-0.1, -0.05) is 35.4 Å². The van der Waals surface area contributed by atoms with Crippen molar-refractivity contribution in [3.05, 3.63) is 0 Å². The van der Waals surface area contributed by atoms with Crippen LogP contribution in [-0.4, -0.2) is 22.0 Å². The van der Waals surface area contributed by atoms with Crippen LogP contribution in [0.15, 0.2) is 0 Å². The zero-order valence-corrected chi connectivity index (χ0v) is 7.67. The Labute approximate surface area is 69.9 Å². The Hall–Kier alpha value is 0.690. The van der Waals surface area contributed by atoms with E-state index in [9.17, 15) is 0 Å². The number of nitrogens with zero attached hydrogens (tertiary/aromatic N) is 1. The highest BCUT2D eigenvalue weighted by Gasteiger charge is 2.31. The number of hydrogen-bond donors (Lipinski definition) is 0. The van der Waals surface area contributed by atoms with Crippen LogP contribution in [0.4, 0.5) is 0 Å². The van der Waals surface area contributed by atoms with Crippen LogP contribution in [0.2, 0.25) is 0 Å². The number of alkyl halides is 1. The third kappa shape index (κ3) is 1.80. The summed E-state index contributed by atoms with van der Waals surface area (Å²) in [6.45, 7) is 2.72. The van der Waals surface area contributed by atoms with Crippen LogP contribution in [-0.2, 0) is 0 Å². The standard InChI is InChI=1S/C7H12IN/c8-7(9-3-4-9)5-6-1-2-6/h6-7H,1-5H2. The van der Waals surface area contributed by atoms with Crippen LogP contribution in [0.25, 0.3) is 0 Å². The molecule has 0 radical (unpaired) electrons. The lowest BCUT2D eigenvalue weighted by Crippen LogP contribution is -2.10. The van der Waals surface area contributed by atoms with Gasteiger partial charge in [0.05, 0.1) is 4.05 Å². The Morgan fingerprint density at radius 2 is 2.11 bits per heavy atom. The Morgan fingerprint density at radius 3 is 2.56 bits per heavy atom. The van der Waals surface area contributed by atoms with Gasteiger partial charge in [0.15, 0.2) is 0 Å². The summed E-state index contributed by atoms with van der Waals surface area (Å²) in [4.78, 5) is 2.54. The molecule has 2 heteroatoms. The maximum atomic E-state index is 2.58. The van der Waals surface area contributed by atoms with Crippen LogP contribution >= 0.6 is 22.6 Å². The van der Waals surface area contributed by atoms with E-state index >= 15 is 0 Å². The maximum Gasteiger partial charge on any atom is 0.0622 e. The predicted molar refractivity (Wildman–Crippen MR) is 46.7 cm³/mol. The molecule has 1 nitrogen and oxygen atoms in total. The summed E-state index contributed by atoms with van der Waals surface area (Å²) in [7, 11) is 0. The van der Waals surface area contributed by atoms with E-state index in [0.29, 0.717) is 0 Å². The van der Waals surface area contributed by atoms with E-state index in [1.807, 2.05) is 0 Å². The third-order valence-corrected chi connectivity index (χ3v) is 3.40. The van der Waals surface area contributed by atoms with E-state index in [4.69, 9.17) is 0 Å². The topological polar surface area (TPSA) is 3.01 Å². The number of hydrogen-bond acceptors (Lipinski definition) is 1. The summed E-state index contributed by atoms with van der Waals surface area (Å²) in [5.74, 6) is 1.10. The molecule has 2 rings (SSSR count). The minimum absolute atomic E-state index is 0.870. The highest BCUT2D eigenvalue weighted by molar-refractivity contribution is 14.1. The smallest absolute Gasteiger partial charge is 0.0622 e. The second kappa shape index (κ2) is 2.38. The minimum Gasteiger partial charge on any atom is -0.289 e. The molecule has 9 heavy (non-hydrogen) atoms. The highest BCUT2D eigenvalue weighted by Crippen LogP contribution is 2.37. The molecule has 1 heterocycles. The predicted octanol–water partition coefficient (Wildman–Crippen LogP) is 1.86. The van der Waals surface area contributed by atoms with Crippen molar-refractivity contribution in [2.45, 2.75) is 23.3 Å². The van der Waals surface area contributed by atoms with Crippen LogP contribution in [0, 0.1) is 5.92 Å². The molecule has 1 aliphatic heterocycles. The highest BCUT2D eigenvalue weighted by atomic mass is 127. The Bertz CT molecular complexity index is 107. The summed E-state index contributed by atoms with van der Waals surface area (Å²) in [5, 5.41) is 0. The zero-order valence-electron chi connectivity index (χ0n) is 5.52. The molecule has 1 unspecified atom stereocenters. The van der Waals surface area contributed by atoms with Crippen molar-refractivity contribution in [1.82, 2.24) is 4.90 Å². The molecule has 0 amide bonds. The second-order valence-electron chi connectivity index (χ2n) is 3.15. The van der Waals surface area contributed by atoms with Crippen LogP contribution in [0.1, 0.15) is 19.3 Å². The monoisotopic (exact) mass is 237 g/mol. The van der Waals surface area contributed by atoms with Gasteiger partial charge in [0.25, 0.3) is 0 Å². The summed E-state index contributed by atoms with van der Waals surface area (Å²) >= 11 is 2.58. The molecule has 1 saturated heterocycles. The van der Waals surface area contributed by atoms with Crippen LogP contribution in [0.3, 0.4) is 0 Å². The van der Waals surface area contributed by atoms with Crippen molar-refractivity contribution < 1.29 is 0 Å². The van der Waals surface area contributed by atoms with Gasteiger partial charge in [0, 0.05) is 13.1 Å². The average molecular weight is 237 g/mol. The molecule has 0 spiro atoms. The van der Waals surface area contributed by atoms with Gasteiger partial charge in [-0.05, 0) is 12.3 Å². The lowest BCUT2D eigenvalue weighted by Gasteiger charge is -2.07. The molecule has 0 N–H and O–H groups in total. The fraction of sp³-hybridized carbons (Fsp3) is 1.00. The van der Waals surface area contributed by atoms with E-state index in [0.717, 1.165) is 9.97 Å². The Balaban J connectivity index is 1.69. The first-order valence-electron chi connectivity index (χ1n) is 3.74. The first-order valence-corrected chi connectivity index (χ1v) is 4.99. The number of halogens is 1.